The van der Waals surface area contributed by atoms with Gasteiger partial charge in [0.2, 0.25) is 0 Å². The molecule has 1 aliphatic heterocycles. The summed E-state index contributed by atoms with van der Waals surface area (Å²) in [6.45, 7) is 9.15. The van der Waals surface area contributed by atoms with Gasteiger partial charge in [-0.1, -0.05) is 29.8 Å². The van der Waals surface area contributed by atoms with Gasteiger partial charge in [0.25, 0.3) is 0 Å². The van der Waals surface area contributed by atoms with Gasteiger partial charge in [-0.15, -0.1) is 0 Å². The minimum absolute atomic E-state index is 0.368. The summed E-state index contributed by atoms with van der Waals surface area (Å²) in [6.07, 6.45) is 0. The predicted molar refractivity (Wildman–Crippen MR) is 90.3 cm³/mol. The first-order chi connectivity index (χ1) is 9.01. The first-order valence-electron chi connectivity index (χ1n) is 6.88. The van der Waals surface area contributed by atoms with Crippen LogP contribution in [0.4, 0.5) is 5.69 Å². The van der Waals surface area contributed by atoms with E-state index in [1.54, 1.807) is 0 Å². The highest BCUT2D eigenvalue weighted by atomic mass is 79.9. The summed E-state index contributed by atoms with van der Waals surface area (Å²) in [5.41, 5.74) is 2.76. The second kappa shape index (κ2) is 6.51. The summed E-state index contributed by atoms with van der Waals surface area (Å²) in [7, 11) is 2.02. The van der Waals surface area contributed by atoms with Crippen LogP contribution in [0.5, 0.6) is 0 Å². The van der Waals surface area contributed by atoms with Gasteiger partial charge in [-0.2, -0.15) is 11.8 Å². The molecule has 0 aliphatic carbocycles. The van der Waals surface area contributed by atoms with Crippen molar-refractivity contribution in [1.29, 1.82) is 0 Å². The molecule has 1 aromatic carbocycles. The molecule has 0 radical (unpaired) electrons. The van der Waals surface area contributed by atoms with Gasteiger partial charge in [-0.05, 0) is 37.7 Å². The number of hydrogen-bond donors (Lipinski definition) is 1. The highest BCUT2D eigenvalue weighted by Gasteiger charge is 2.24. The second-order valence-corrected chi connectivity index (χ2v) is 8.17. The molecule has 1 fully saturated rings. The molecule has 3 atom stereocenters. The lowest BCUT2D eigenvalue weighted by molar-refractivity contribution is 0.642. The predicted octanol–water partition coefficient (Wildman–Crippen LogP) is 4.06. The zero-order valence-corrected chi connectivity index (χ0v) is 14.5. The van der Waals surface area contributed by atoms with Crippen LogP contribution in [0.2, 0.25) is 0 Å². The van der Waals surface area contributed by atoms with Crippen molar-refractivity contribution >= 4 is 33.4 Å². The van der Waals surface area contributed by atoms with E-state index in [4.69, 9.17) is 0 Å². The number of rotatable bonds is 3. The Labute approximate surface area is 129 Å². The van der Waals surface area contributed by atoms with E-state index < -0.39 is 0 Å². The van der Waals surface area contributed by atoms with Gasteiger partial charge in [0.05, 0.1) is 0 Å². The largest absolute Gasteiger partial charge is 0.369 e. The van der Waals surface area contributed by atoms with Crippen LogP contribution in [0.15, 0.2) is 22.7 Å². The molecular weight excluding hydrogens is 320 g/mol. The van der Waals surface area contributed by atoms with E-state index in [0.29, 0.717) is 16.5 Å². The maximum atomic E-state index is 3.59. The molecule has 1 aliphatic rings. The van der Waals surface area contributed by atoms with Crippen LogP contribution in [0.3, 0.4) is 0 Å². The molecule has 19 heavy (non-hydrogen) atoms. The first kappa shape index (κ1) is 15.2. The van der Waals surface area contributed by atoms with E-state index in [0.717, 1.165) is 17.6 Å². The van der Waals surface area contributed by atoms with E-state index in [-0.39, 0.29) is 0 Å². The Morgan fingerprint density at radius 2 is 1.95 bits per heavy atom. The number of halogens is 1. The third-order valence-corrected chi connectivity index (χ3v) is 5.37. The maximum absolute atomic E-state index is 3.59. The van der Waals surface area contributed by atoms with Crippen LogP contribution in [0.25, 0.3) is 0 Å². The number of nitrogens with zero attached hydrogens (tertiary/aromatic N) is 1. The summed E-state index contributed by atoms with van der Waals surface area (Å²) in [6, 6.07) is 7.02. The van der Waals surface area contributed by atoms with Gasteiger partial charge < -0.3 is 10.2 Å². The first-order valence-corrected chi connectivity index (χ1v) is 8.62. The molecule has 1 heterocycles. The van der Waals surface area contributed by atoms with Gasteiger partial charge in [-0.3, -0.25) is 0 Å². The smallest absolute Gasteiger partial charge is 0.0416 e. The average molecular weight is 343 g/mol. The summed E-state index contributed by atoms with van der Waals surface area (Å²) in [5.74, 6) is 0. The van der Waals surface area contributed by atoms with Crippen LogP contribution in [-0.2, 0) is 0 Å². The topological polar surface area (TPSA) is 15.3 Å². The van der Waals surface area contributed by atoms with Crippen molar-refractivity contribution in [2.75, 3.05) is 25.0 Å². The quantitative estimate of drug-likeness (QED) is 0.891. The van der Waals surface area contributed by atoms with E-state index >= 15 is 0 Å². The molecule has 106 valence electrons. The van der Waals surface area contributed by atoms with Crippen LogP contribution >= 0.6 is 27.7 Å². The van der Waals surface area contributed by atoms with Crippen LogP contribution < -0.4 is 10.2 Å². The van der Waals surface area contributed by atoms with E-state index in [2.05, 4.69) is 76.9 Å². The average Bonchev–Trinajstić information content (AvgIpc) is 2.36. The molecule has 0 spiro atoms. The van der Waals surface area contributed by atoms with Crippen molar-refractivity contribution in [2.24, 2.45) is 0 Å². The Hall–Kier alpha value is -0.190. The van der Waals surface area contributed by atoms with Crippen molar-refractivity contribution in [3.8, 4) is 0 Å². The standard InChI is InChI=1S/C15H23BrN2S/c1-10-8-18(9-11(2)19-10)15-6-5-13(16)7-14(15)12(3)17-4/h5-7,10-12,17H,8-9H2,1-4H3. The van der Waals surface area contributed by atoms with Gasteiger partial charge in [-0.25, -0.2) is 0 Å². The summed E-state index contributed by atoms with van der Waals surface area (Å²) in [5, 5.41) is 4.76. The molecule has 2 rings (SSSR count). The van der Waals surface area contributed by atoms with Crippen molar-refractivity contribution in [1.82, 2.24) is 5.32 Å². The van der Waals surface area contributed by atoms with Crippen LogP contribution in [0.1, 0.15) is 32.4 Å². The molecule has 1 aromatic rings. The minimum atomic E-state index is 0.368. The molecule has 3 unspecified atom stereocenters. The Morgan fingerprint density at radius 3 is 2.53 bits per heavy atom. The van der Waals surface area contributed by atoms with Gasteiger partial charge in [0, 0.05) is 39.8 Å². The van der Waals surface area contributed by atoms with E-state index in [1.807, 2.05) is 7.05 Å². The Bertz CT molecular complexity index is 428. The van der Waals surface area contributed by atoms with Crippen LogP contribution in [-0.4, -0.2) is 30.6 Å². The number of benzene rings is 1. The van der Waals surface area contributed by atoms with E-state index in [1.165, 1.54) is 11.3 Å². The fourth-order valence-electron chi connectivity index (χ4n) is 2.69. The highest BCUT2D eigenvalue weighted by Crippen LogP contribution is 2.34. The number of anilines is 1. The summed E-state index contributed by atoms with van der Waals surface area (Å²) in [4.78, 5) is 2.54. The van der Waals surface area contributed by atoms with Crippen molar-refractivity contribution < 1.29 is 0 Å². The highest BCUT2D eigenvalue weighted by molar-refractivity contribution is 9.10. The molecule has 0 saturated carbocycles. The molecule has 0 bridgehead atoms. The summed E-state index contributed by atoms with van der Waals surface area (Å²) < 4.78 is 1.15. The fraction of sp³-hybridized carbons (Fsp3) is 0.600. The molecule has 1 N–H and O–H groups in total. The Morgan fingerprint density at radius 1 is 1.32 bits per heavy atom. The zero-order valence-electron chi connectivity index (χ0n) is 12.1. The molecule has 1 saturated heterocycles. The zero-order chi connectivity index (χ0) is 14.0. The monoisotopic (exact) mass is 342 g/mol. The van der Waals surface area contributed by atoms with Crippen LogP contribution in [0, 0.1) is 0 Å². The third kappa shape index (κ3) is 3.67. The van der Waals surface area contributed by atoms with Gasteiger partial charge >= 0.3 is 0 Å². The molecule has 4 heteroatoms. The lowest BCUT2D eigenvalue weighted by Crippen LogP contribution is -2.41. The van der Waals surface area contributed by atoms with Crippen molar-refractivity contribution in [2.45, 2.75) is 37.3 Å². The SMILES string of the molecule is CNC(C)c1cc(Br)ccc1N1CC(C)SC(C)C1. The molecule has 0 amide bonds. The van der Waals surface area contributed by atoms with Gasteiger partial charge in [0.1, 0.15) is 0 Å². The third-order valence-electron chi connectivity index (χ3n) is 3.65. The molecule has 0 aromatic heterocycles. The number of thioether (sulfide) groups is 1. The Kier molecular flexibility index (Phi) is 5.21. The number of hydrogen-bond acceptors (Lipinski definition) is 3. The molecule has 2 nitrogen and oxygen atoms in total. The normalized spacial score (nSPS) is 25.4. The summed E-state index contributed by atoms with van der Waals surface area (Å²) >= 11 is 5.69. The maximum Gasteiger partial charge on any atom is 0.0416 e. The minimum Gasteiger partial charge on any atom is -0.369 e. The number of nitrogens with one attached hydrogen (secondary N) is 1. The second-order valence-electron chi connectivity index (χ2n) is 5.38. The molecular formula is C15H23BrN2S. The van der Waals surface area contributed by atoms with Gasteiger partial charge in [0.15, 0.2) is 0 Å². The van der Waals surface area contributed by atoms with E-state index in [9.17, 15) is 0 Å². The van der Waals surface area contributed by atoms with Crippen molar-refractivity contribution in [3.05, 3.63) is 28.2 Å². The Balaban J connectivity index is 2.32. The fourth-order valence-corrected chi connectivity index (χ4v) is 4.39. The van der Waals surface area contributed by atoms with Crippen molar-refractivity contribution in [3.63, 3.8) is 0 Å². The lowest BCUT2D eigenvalue weighted by atomic mass is 10.0. The lowest BCUT2D eigenvalue weighted by Gasteiger charge is -2.38.